The van der Waals surface area contributed by atoms with E-state index in [0.717, 1.165) is 24.9 Å². The van der Waals surface area contributed by atoms with Gasteiger partial charge in [-0.2, -0.15) is 0 Å². The van der Waals surface area contributed by atoms with Gasteiger partial charge in [-0.3, -0.25) is 0 Å². The fourth-order valence-electron chi connectivity index (χ4n) is 4.23. The molecule has 3 aromatic rings. The Morgan fingerprint density at radius 3 is 1.89 bits per heavy atom. The first-order chi connectivity index (χ1) is 16.8. The smallest absolute Gasteiger partial charge is 0.414 e. The Labute approximate surface area is 202 Å². The van der Waals surface area contributed by atoms with Crippen LogP contribution in [0.2, 0.25) is 0 Å². The summed E-state index contributed by atoms with van der Waals surface area (Å²) >= 11 is 0. The number of benzene rings is 3. The summed E-state index contributed by atoms with van der Waals surface area (Å²) in [7, 11) is 0. The Morgan fingerprint density at radius 1 is 0.857 bits per heavy atom. The van der Waals surface area contributed by atoms with E-state index in [1.165, 1.54) is 23.3 Å². The quantitative estimate of drug-likeness (QED) is 0.394. The van der Waals surface area contributed by atoms with Gasteiger partial charge in [0.05, 0.1) is 0 Å². The highest BCUT2D eigenvalue weighted by Gasteiger charge is 2.29. The lowest BCUT2D eigenvalue weighted by atomic mass is 9.81. The van der Waals surface area contributed by atoms with E-state index in [1.54, 1.807) is 6.07 Å². The zero-order valence-electron chi connectivity index (χ0n) is 19.0. The largest absolute Gasteiger partial charge is 0.473 e. The van der Waals surface area contributed by atoms with Crippen molar-refractivity contribution in [2.24, 2.45) is 0 Å². The number of rotatable bonds is 6. The lowest BCUT2D eigenvalue weighted by Gasteiger charge is -2.36. The van der Waals surface area contributed by atoms with Gasteiger partial charge in [-0.15, -0.1) is 0 Å². The van der Waals surface area contributed by atoms with Gasteiger partial charge >= 0.3 is 11.9 Å². The number of hydrogen-bond acceptors (Lipinski definition) is 4. The van der Waals surface area contributed by atoms with E-state index in [2.05, 4.69) is 71.3 Å². The minimum absolute atomic E-state index is 0.310. The van der Waals surface area contributed by atoms with Crippen molar-refractivity contribution in [2.45, 2.75) is 37.4 Å². The highest BCUT2D eigenvalue weighted by molar-refractivity contribution is 6.27. The summed E-state index contributed by atoms with van der Waals surface area (Å²) in [6.07, 6.45) is 2.08. The van der Waals surface area contributed by atoms with Crippen LogP contribution in [0.4, 0.5) is 8.78 Å². The van der Waals surface area contributed by atoms with Crippen molar-refractivity contribution in [2.75, 3.05) is 6.54 Å². The third-order valence-corrected chi connectivity index (χ3v) is 5.93. The molecule has 2 atom stereocenters. The molecule has 0 saturated carbocycles. The molecule has 6 nitrogen and oxygen atoms in total. The van der Waals surface area contributed by atoms with Crippen LogP contribution in [0.3, 0.4) is 0 Å². The van der Waals surface area contributed by atoms with Gasteiger partial charge in [0, 0.05) is 31.1 Å². The van der Waals surface area contributed by atoms with Crippen molar-refractivity contribution in [1.82, 2.24) is 10.6 Å². The second kappa shape index (κ2) is 12.7. The summed E-state index contributed by atoms with van der Waals surface area (Å²) < 4.78 is 26.5. The third-order valence-electron chi connectivity index (χ3n) is 5.93. The van der Waals surface area contributed by atoms with Gasteiger partial charge in [0.15, 0.2) is 11.6 Å². The summed E-state index contributed by atoms with van der Waals surface area (Å²) in [6, 6.07) is 26.1. The lowest BCUT2D eigenvalue weighted by Crippen LogP contribution is -2.49. The maximum absolute atomic E-state index is 13.4. The molecule has 8 heteroatoms. The van der Waals surface area contributed by atoms with E-state index in [-0.39, 0.29) is 0 Å². The van der Waals surface area contributed by atoms with Crippen LogP contribution in [0.25, 0.3) is 0 Å². The fraction of sp³-hybridized carbons (Fsp3) is 0.259. The molecular weight excluding hydrogens is 454 g/mol. The average molecular weight is 483 g/mol. The monoisotopic (exact) mass is 482 g/mol. The number of hydrogen-bond donors (Lipinski definition) is 4. The third kappa shape index (κ3) is 7.70. The molecule has 35 heavy (non-hydrogen) atoms. The number of carbonyl (C=O) groups is 2. The van der Waals surface area contributed by atoms with Crippen LogP contribution < -0.4 is 10.6 Å². The Morgan fingerprint density at radius 2 is 1.43 bits per heavy atom. The summed E-state index contributed by atoms with van der Waals surface area (Å²) in [5.74, 6) is -4.93. The molecule has 0 bridgehead atoms. The predicted octanol–water partition coefficient (Wildman–Crippen LogP) is 4.16. The van der Waals surface area contributed by atoms with Crippen LogP contribution >= 0.6 is 0 Å². The van der Waals surface area contributed by atoms with Crippen molar-refractivity contribution < 1.29 is 28.6 Å². The maximum Gasteiger partial charge on any atom is 0.414 e. The molecule has 1 aliphatic heterocycles. The van der Waals surface area contributed by atoms with Gasteiger partial charge in [-0.1, -0.05) is 66.7 Å². The van der Waals surface area contributed by atoms with Gasteiger partial charge in [-0.05, 0) is 41.7 Å². The standard InChI is InChI=1S/C25H26F2N2.C2H2O4/c26-22-13-11-18(15-23(22)27)16-28-21-12-14-24(29-17-21)25(19-7-3-1-4-8-19)20-9-5-2-6-10-20;3-1(4)2(5)6/h1-11,13,15,21,24-25,28-29H,12,14,16-17H2;(H,3,4)(H,5,6). The Hall–Kier alpha value is -3.62. The molecule has 0 aromatic heterocycles. The average Bonchev–Trinajstić information content (AvgIpc) is 2.87. The van der Waals surface area contributed by atoms with Crippen LogP contribution in [0.1, 0.15) is 35.4 Å². The van der Waals surface area contributed by atoms with E-state index >= 15 is 0 Å². The second-order valence-corrected chi connectivity index (χ2v) is 8.33. The van der Waals surface area contributed by atoms with E-state index in [1.807, 2.05) is 0 Å². The molecule has 3 aromatic carbocycles. The number of carboxylic acid groups (broad SMARTS) is 2. The van der Waals surface area contributed by atoms with Crippen molar-refractivity contribution in [1.29, 1.82) is 0 Å². The van der Waals surface area contributed by atoms with Crippen LogP contribution in [0.15, 0.2) is 78.9 Å². The predicted molar refractivity (Wildman–Crippen MR) is 128 cm³/mol. The van der Waals surface area contributed by atoms with E-state index in [0.29, 0.717) is 24.5 Å². The molecule has 1 heterocycles. The molecule has 0 spiro atoms. The van der Waals surface area contributed by atoms with E-state index in [4.69, 9.17) is 19.8 Å². The highest BCUT2D eigenvalue weighted by Crippen LogP contribution is 2.31. The number of piperidine rings is 1. The number of carboxylic acids is 2. The molecule has 0 radical (unpaired) electrons. The summed E-state index contributed by atoms with van der Waals surface area (Å²) in [5, 5.41) is 22.0. The molecular formula is C27H28F2N2O4. The molecule has 0 amide bonds. The lowest BCUT2D eigenvalue weighted by molar-refractivity contribution is -0.159. The van der Waals surface area contributed by atoms with Crippen LogP contribution in [-0.4, -0.2) is 40.8 Å². The van der Waals surface area contributed by atoms with Crippen LogP contribution in [0.5, 0.6) is 0 Å². The van der Waals surface area contributed by atoms with Crippen molar-refractivity contribution in [3.63, 3.8) is 0 Å². The van der Waals surface area contributed by atoms with Crippen molar-refractivity contribution in [3.8, 4) is 0 Å². The van der Waals surface area contributed by atoms with Gasteiger partial charge < -0.3 is 20.8 Å². The number of nitrogens with one attached hydrogen (secondary N) is 2. The van der Waals surface area contributed by atoms with E-state index < -0.39 is 23.6 Å². The molecule has 2 unspecified atom stereocenters. The van der Waals surface area contributed by atoms with Gasteiger partial charge in [-0.25, -0.2) is 18.4 Å². The summed E-state index contributed by atoms with van der Waals surface area (Å²) in [4.78, 5) is 18.2. The first-order valence-corrected chi connectivity index (χ1v) is 11.3. The Bertz CT molecular complexity index is 1050. The minimum Gasteiger partial charge on any atom is -0.473 e. The molecule has 0 aliphatic carbocycles. The Balaban J connectivity index is 0.000000509. The first kappa shape index (κ1) is 26.0. The fourth-order valence-corrected chi connectivity index (χ4v) is 4.23. The van der Waals surface area contributed by atoms with E-state index in [9.17, 15) is 8.78 Å². The van der Waals surface area contributed by atoms with Gasteiger partial charge in [0.1, 0.15) is 0 Å². The van der Waals surface area contributed by atoms with Gasteiger partial charge in [0.25, 0.3) is 0 Å². The molecule has 1 saturated heterocycles. The maximum atomic E-state index is 13.4. The van der Waals surface area contributed by atoms with Crippen LogP contribution in [0, 0.1) is 11.6 Å². The molecule has 4 N–H and O–H groups in total. The van der Waals surface area contributed by atoms with Gasteiger partial charge in [0.2, 0.25) is 0 Å². The minimum atomic E-state index is -1.82. The van der Waals surface area contributed by atoms with Crippen molar-refractivity contribution in [3.05, 3.63) is 107 Å². The summed E-state index contributed by atoms with van der Waals surface area (Å²) in [5.41, 5.74) is 3.41. The normalized spacial score (nSPS) is 17.3. The summed E-state index contributed by atoms with van der Waals surface area (Å²) in [6.45, 7) is 1.39. The first-order valence-electron chi connectivity index (χ1n) is 11.3. The molecule has 1 aliphatic rings. The highest BCUT2D eigenvalue weighted by atomic mass is 19.2. The zero-order chi connectivity index (χ0) is 25.2. The molecule has 184 valence electrons. The molecule has 1 fully saturated rings. The molecule has 4 rings (SSSR count). The van der Waals surface area contributed by atoms with Crippen molar-refractivity contribution >= 4 is 11.9 Å². The zero-order valence-corrected chi connectivity index (χ0v) is 19.0. The number of halogens is 2. The Kier molecular flexibility index (Phi) is 9.46. The topological polar surface area (TPSA) is 98.7 Å². The van der Waals surface area contributed by atoms with Crippen LogP contribution in [-0.2, 0) is 16.1 Å². The SMILES string of the molecule is Fc1ccc(CNC2CCC(C(c3ccccc3)c3ccccc3)NC2)cc1F.O=C(O)C(=O)O. The number of aliphatic carboxylic acids is 2. The second-order valence-electron chi connectivity index (χ2n) is 8.33.